The molecule has 2 fully saturated rings. The van der Waals surface area contributed by atoms with Crippen molar-refractivity contribution in [2.45, 2.75) is 31.2 Å². The molecule has 1 N–H and O–H groups in total. The summed E-state index contributed by atoms with van der Waals surface area (Å²) in [7, 11) is 0. The molecule has 1 spiro atoms. The maximum atomic E-state index is 12.2. The molecule has 5 heteroatoms. The fraction of sp³-hybridized carbons (Fsp3) is 0.636. The summed E-state index contributed by atoms with van der Waals surface area (Å²) in [5.74, 6) is -0.106. The molecule has 1 saturated carbocycles. The summed E-state index contributed by atoms with van der Waals surface area (Å²) < 4.78 is 0. The predicted octanol–water partition coefficient (Wildman–Crippen LogP) is 1.01. The molecular weight excluding hydrogens is 228 g/mol. The zero-order valence-electron chi connectivity index (χ0n) is 9.09. The van der Waals surface area contributed by atoms with Gasteiger partial charge < -0.3 is 10.2 Å². The molecule has 2 rings (SSSR count). The summed E-state index contributed by atoms with van der Waals surface area (Å²) in [5, 5.41) is 3.23. The van der Waals surface area contributed by atoms with Crippen molar-refractivity contribution < 1.29 is 9.59 Å². The Bertz CT molecular complexity index is 346. The normalized spacial score (nSPS) is 23.7. The lowest BCUT2D eigenvalue weighted by Gasteiger charge is -2.39. The first-order valence-corrected chi connectivity index (χ1v) is 5.85. The van der Waals surface area contributed by atoms with E-state index in [1.54, 1.807) is 0 Å². The Balaban J connectivity index is 2.19. The van der Waals surface area contributed by atoms with Crippen molar-refractivity contribution in [2.75, 3.05) is 13.1 Å². The molecule has 1 aliphatic heterocycles. The number of carbonyl (C=O) groups excluding carboxylic acids is 2. The van der Waals surface area contributed by atoms with Crippen molar-refractivity contribution >= 4 is 23.4 Å². The second kappa shape index (κ2) is 4.09. The first kappa shape index (κ1) is 11.5. The van der Waals surface area contributed by atoms with Crippen molar-refractivity contribution in [2.24, 2.45) is 0 Å². The summed E-state index contributed by atoms with van der Waals surface area (Å²) in [6, 6.07) is 0. The highest BCUT2D eigenvalue weighted by atomic mass is 35.5. The molecule has 0 aromatic rings. The van der Waals surface area contributed by atoms with Crippen LogP contribution in [0, 0.1) is 0 Å². The van der Waals surface area contributed by atoms with Crippen LogP contribution in [0.15, 0.2) is 11.6 Å². The summed E-state index contributed by atoms with van der Waals surface area (Å²) in [4.78, 5) is 25.3. The van der Waals surface area contributed by atoms with E-state index in [-0.39, 0.29) is 24.9 Å². The number of piperazine rings is 1. The van der Waals surface area contributed by atoms with Gasteiger partial charge in [0.2, 0.25) is 11.8 Å². The molecule has 4 nitrogen and oxygen atoms in total. The van der Waals surface area contributed by atoms with Crippen LogP contribution < -0.4 is 5.32 Å². The highest BCUT2D eigenvalue weighted by molar-refractivity contribution is 6.29. The fourth-order valence-electron chi connectivity index (χ4n) is 2.56. The molecule has 16 heavy (non-hydrogen) atoms. The Labute approximate surface area is 99.6 Å². The van der Waals surface area contributed by atoms with Crippen molar-refractivity contribution in [3.63, 3.8) is 0 Å². The molecule has 2 amide bonds. The van der Waals surface area contributed by atoms with E-state index < -0.39 is 5.54 Å². The smallest absolute Gasteiger partial charge is 0.249 e. The van der Waals surface area contributed by atoms with Crippen LogP contribution in [-0.2, 0) is 9.59 Å². The molecular formula is C11H15ClN2O2. The average molecular weight is 243 g/mol. The van der Waals surface area contributed by atoms with Crippen molar-refractivity contribution in [3.8, 4) is 0 Å². The number of hydrogen-bond donors (Lipinski definition) is 1. The first-order chi connectivity index (χ1) is 7.53. The summed E-state index contributed by atoms with van der Waals surface area (Å²) >= 11 is 5.70. The highest BCUT2D eigenvalue weighted by Crippen LogP contribution is 2.33. The van der Waals surface area contributed by atoms with E-state index >= 15 is 0 Å². The predicted molar refractivity (Wildman–Crippen MR) is 60.9 cm³/mol. The van der Waals surface area contributed by atoms with Crippen molar-refractivity contribution in [1.29, 1.82) is 0 Å². The van der Waals surface area contributed by atoms with E-state index in [1.807, 2.05) is 0 Å². The van der Waals surface area contributed by atoms with Crippen LogP contribution >= 0.6 is 11.6 Å². The maximum absolute atomic E-state index is 12.2. The molecule has 0 aromatic heterocycles. The van der Waals surface area contributed by atoms with E-state index in [4.69, 9.17) is 11.6 Å². The van der Waals surface area contributed by atoms with E-state index in [0.717, 1.165) is 25.7 Å². The Morgan fingerprint density at radius 1 is 1.44 bits per heavy atom. The van der Waals surface area contributed by atoms with Crippen LogP contribution in [0.5, 0.6) is 0 Å². The third-order valence-corrected chi connectivity index (χ3v) is 3.35. The SMILES string of the molecule is C=C(Cl)CN1CC(=O)NC2(CCCC2)C1=O. The lowest BCUT2D eigenvalue weighted by atomic mass is 9.93. The third kappa shape index (κ3) is 1.94. The molecule has 1 saturated heterocycles. The molecule has 88 valence electrons. The second-order valence-corrected chi connectivity index (χ2v) is 5.05. The zero-order chi connectivity index (χ0) is 11.8. The van der Waals surface area contributed by atoms with Gasteiger partial charge in [-0.3, -0.25) is 9.59 Å². The summed E-state index contributed by atoms with van der Waals surface area (Å²) in [6.07, 6.45) is 3.45. The van der Waals surface area contributed by atoms with Gasteiger partial charge in [-0.1, -0.05) is 31.0 Å². The topological polar surface area (TPSA) is 49.4 Å². The van der Waals surface area contributed by atoms with Crippen LogP contribution in [0.4, 0.5) is 0 Å². The van der Waals surface area contributed by atoms with Crippen LogP contribution in [0.2, 0.25) is 0 Å². The highest BCUT2D eigenvalue weighted by Gasteiger charge is 2.48. The maximum Gasteiger partial charge on any atom is 0.249 e. The van der Waals surface area contributed by atoms with Crippen molar-refractivity contribution in [1.82, 2.24) is 10.2 Å². The minimum atomic E-state index is -0.651. The van der Waals surface area contributed by atoms with Gasteiger partial charge in [-0.25, -0.2) is 0 Å². The van der Waals surface area contributed by atoms with Gasteiger partial charge in [0.25, 0.3) is 0 Å². The first-order valence-electron chi connectivity index (χ1n) is 5.47. The van der Waals surface area contributed by atoms with Crippen LogP contribution in [0.25, 0.3) is 0 Å². The van der Waals surface area contributed by atoms with Crippen LogP contribution in [0.3, 0.4) is 0 Å². The largest absolute Gasteiger partial charge is 0.340 e. The molecule has 1 heterocycles. The van der Waals surface area contributed by atoms with Crippen LogP contribution in [-0.4, -0.2) is 35.3 Å². The number of carbonyl (C=O) groups is 2. The third-order valence-electron chi connectivity index (χ3n) is 3.23. The molecule has 2 aliphatic rings. The number of halogens is 1. The second-order valence-electron chi connectivity index (χ2n) is 4.52. The monoisotopic (exact) mass is 242 g/mol. The van der Waals surface area contributed by atoms with Gasteiger partial charge in [0, 0.05) is 5.03 Å². The summed E-state index contributed by atoms with van der Waals surface area (Å²) in [6.45, 7) is 3.91. The minimum absolute atomic E-state index is 0.00796. The average Bonchev–Trinajstić information content (AvgIpc) is 2.62. The molecule has 0 bridgehead atoms. The molecule has 0 atom stereocenters. The molecule has 0 radical (unpaired) electrons. The molecule has 0 unspecified atom stereocenters. The number of nitrogens with zero attached hydrogens (tertiary/aromatic N) is 1. The van der Waals surface area contributed by atoms with Gasteiger partial charge >= 0.3 is 0 Å². The number of rotatable bonds is 2. The van der Waals surface area contributed by atoms with Gasteiger partial charge in [0.15, 0.2) is 0 Å². The number of hydrogen-bond acceptors (Lipinski definition) is 2. The fourth-order valence-corrected chi connectivity index (χ4v) is 2.70. The Morgan fingerprint density at radius 2 is 2.06 bits per heavy atom. The molecule has 0 aromatic carbocycles. The van der Waals surface area contributed by atoms with Gasteiger partial charge in [0.1, 0.15) is 12.1 Å². The zero-order valence-corrected chi connectivity index (χ0v) is 9.85. The van der Waals surface area contributed by atoms with Gasteiger partial charge in [-0.15, -0.1) is 0 Å². The summed E-state index contributed by atoms with van der Waals surface area (Å²) in [5.41, 5.74) is -0.651. The van der Waals surface area contributed by atoms with Crippen molar-refractivity contribution in [3.05, 3.63) is 11.6 Å². The standard InChI is InChI=1S/C11H15ClN2O2/c1-8(12)6-14-7-9(15)13-11(10(14)16)4-2-3-5-11/h1-7H2,(H,13,15). The lowest BCUT2D eigenvalue weighted by Crippen LogP contribution is -2.65. The quantitative estimate of drug-likeness (QED) is 0.786. The van der Waals surface area contributed by atoms with Gasteiger partial charge in [0.05, 0.1) is 6.54 Å². The van der Waals surface area contributed by atoms with Gasteiger partial charge in [-0.05, 0) is 12.8 Å². The number of nitrogens with one attached hydrogen (secondary N) is 1. The Morgan fingerprint density at radius 3 is 2.62 bits per heavy atom. The molecule has 1 aliphatic carbocycles. The lowest BCUT2D eigenvalue weighted by molar-refractivity contribution is -0.149. The minimum Gasteiger partial charge on any atom is -0.340 e. The van der Waals surface area contributed by atoms with E-state index in [0.29, 0.717) is 5.03 Å². The van der Waals surface area contributed by atoms with E-state index in [9.17, 15) is 9.59 Å². The van der Waals surface area contributed by atoms with Gasteiger partial charge in [-0.2, -0.15) is 0 Å². The van der Waals surface area contributed by atoms with E-state index in [2.05, 4.69) is 11.9 Å². The number of amides is 2. The van der Waals surface area contributed by atoms with Crippen LogP contribution in [0.1, 0.15) is 25.7 Å². The Hall–Kier alpha value is -1.03. The Kier molecular flexibility index (Phi) is 2.93. The van der Waals surface area contributed by atoms with E-state index in [1.165, 1.54) is 4.90 Å².